The average molecular weight is 452 g/mol. The maximum atomic E-state index is 13.1. The van der Waals surface area contributed by atoms with Gasteiger partial charge in [-0.15, -0.1) is 0 Å². The van der Waals surface area contributed by atoms with Crippen LogP contribution in [0.25, 0.3) is 10.9 Å². The summed E-state index contributed by atoms with van der Waals surface area (Å²) in [4.78, 5) is 11.7. The summed E-state index contributed by atoms with van der Waals surface area (Å²) in [6.45, 7) is 2.56. The van der Waals surface area contributed by atoms with E-state index < -0.39 is 17.7 Å². The molecular formula is C26H23F3N2O2. The summed E-state index contributed by atoms with van der Waals surface area (Å²) in [5, 5.41) is 13.6. The number of carboxylic acids is 1. The Morgan fingerprint density at radius 1 is 0.970 bits per heavy atom. The van der Waals surface area contributed by atoms with Crippen molar-refractivity contribution in [3.8, 4) is 0 Å². The number of nitrogens with zero attached hydrogens (tertiary/aromatic N) is 1. The van der Waals surface area contributed by atoms with Crippen LogP contribution in [0.5, 0.6) is 0 Å². The van der Waals surface area contributed by atoms with Crippen LogP contribution in [0.4, 0.5) is 19.0 Å². The second kappa shape index (κ2) is 9.02. The summed E-state index contributed by atoms with van der Waals surface area (Å²) in [6.07, 6.45) is -4.63. The maximum Gasteiger partial charge on any atom is 0.416 e. The molecule has 0 radical (unpaired) electrons. The molecule has 2 N–H and O–H groups in total. The molecule has 0 spiro atoms. The molecule has 0 fully saturated rings. The molecule has 0 unspecified atom stereocenters. The number of carbonyl (C=O) groups is 1. The number of halogens is 3. The molecule has 0 aliphatic heterocycles. The summed E-state index contributed by atoms with van der Waals surface area (Å²) in [5.74, 6) is -0.378. The molecule has 4 rings (SSSR count). The number of aliphatic carboxylic acids is 1. The van der Waals surface area contributed by atoms with E-state index in [9.17, 15) is 23.1 Å². The second-order valence-electron chi connectivity index (χ2n) is 8.04. The van der Waals surface area contributed by atoms with Gasteiger partial charge < -0.3 is 15.0 Å². The largest absolute Gasteiger partial charge is 0.481 e. The highest BCUT2D eigenvalue weighted by Crippen LogP contribution is 2.34. The predicted octanol–water partition coefficient (Wildman–Crippen LogP) is 6.26. The Kier molecular flexibility index (Phi) is 6.14. The van der Waals surface area contributed by atoms with Gasteiger partial charge in [0.05, 0.1) is 17.5 Å². The van der Waals surface area contributed by atoms with E-state index in [0.717, 1.165) is 34.2 Å². The number of benzene rings is 3. The van der Waals surface area contributed by atoms with Crippen LogP contribution in [-0.2, 0) is 30.5 Å². The van der Waals surface area contributed by atoms with E-state index in [4.69, 9.17) is 0 Å². The quantitative estimate of drug-likeness (QED) is 0.348. The summed E-state index contributed by atoms with van der Waals surface area (Å²) in [6, 6.07) is 20.7. The lowest BCUT2D eigenvalue weighted by Crippen LogP contribution is -2.12. The molecule has 0 bridgehead atoms. The maximum absolute atomic E-state index is 13.1. The molecule has 0 aliphatic carbocycles. The molecule has 3 aromatic carbocycles. The monoisotopic (exact) mass is 452 g/mol. The minimum absolute atomic E-state index is 0.126. The molecule has 0 amide bonds. The van der Waals surface area contributed by atoms with Gasteiger partial charge in [0.2, 0.25) is 0 Å². The normalized spacial score (nSPS) is 11.6. The number of carboxylic acid groups (broad SMARTS) is 1. The minimum Gasteiger partial charge on any atom is -0.481 e. The van der Waals surface area contributed by atoms with Crippen molar-refractivity contribution in [3.63, 3.8) is 0 Å². The van der Waals surface area contributed by atoms with E-state index in [1.54, 1.807) is 6.07 Å². The highest BCUT2D eigenvalue weighted by Gasteiger charge is 2.30. The van der Waals surface area contributed by atoms with E-state index in [1.165, 1.54) is 6.07 Å². The first-order valence-corrected chi connectivity index (χ1v) is 10.5. The van der Waals surface area contributed by atoms with Crippen molar-refractivity contribution < 1.29 is 23.1 Å². The van der Waals surface area contributed by atoms with Crippen molar-refractivity contribution in [2.75, 3.05) is 5.32 Å². The topological polar surface area (TPSA) is 54.3 Å². The van der Waals surface area contributed by atoms with E-state index in [-0.39, 0.29) is 13.0 Å². The first kappa shape index (κ1) is 22.5. The minimum atomic E-state index is -4.43. The van der Waals surface area contributed by atoms with Crippen molar-refractivity contribution in [1.29, 1.82) is 0 Å². The van der Waals surface area contributed by atoms with Crippen molar-refractivity contribution in [1.82, 2.24) is 4.57 Å². The van der Waals surface area contributed by atoms with Gasteiger partial charge in [-0.25, -0.2) is 0 Å². The highest BCUT2D eigenvalue weighted by molar-refractivity contribution is 5.93. The Labute approximate surface area is 189 Å². The molecule has 0 saturated carbocycles. The van der Waals surface area contributed by atoms with Gasteiger partial charge in [0, 0.05) is 24.0 Å². The molecule has 33 heavy (non-hydrogen) atoms. The first-order valence-electron chi connectivity index (χ1n) is 10.5. The van der Waals surface area contributed by atoms with Crippen LogP contribution < -0.4 is 5.32 Å². The smallest absolute Gasteiger partial charge is 0.416 e. The molecule has 1 heterocycles. The number of aromatic nitrogens is 1. The van der Waals surface area contributed by atoms with Crippen LogP contribution in [0.3, 0.4) is 0 Å². The SMILES string of the molecule is Cc1ccc2c(c1)c(CC(=O)O)c(NCc1cccc(C(F)(F)F)c1)n2Cc1ccccc1. The Morgan fingerprint density at radius 3 is 2.39 bits per heavy atom. The summed E-state index contributed by atoms with van der Waals surface area (Å²) >= 11 is 0. The van der Waals surface area contributed by atoms with Crippen molar-refractivity contribution in [2.24, 2.45) is 0 Å². The van der Waals surface area contributed by atoms with Crippen molar-refractivity contribution >= 4 is 22.7 Å². The molecule has 7 heteroatoms. The summed E-state index contributed by atoms with van der Waals surface area (Å²) < 4.78 is 41.4. The third-order valence-electron chi connectivity index (χ3n) is 5.55. The van der Waals surface area contributed by atoms with Gasteiger partial charge in [-0.2, -0.15) is 13.2 Å². The molecule has 1 aromatic heterocycles. The lowest BCUT2D eigenvalue weighted by molar-refractivity contribution is -0.138. The average Bonchev–Trinajstić information content (AvgIpc) is 3.04. The van der Waals surface area contributed by atoms with Crippen LogP contribution in [-0.4, -0.2) is 15.6 Å². The van der Waals surface area contributed by atoms with E-state index >= 15 is 0 Å². The fourth-order valence-corrected chi connectivity index (χ4v) is 4.04. The van der Waals surface area contributed by atoms with E-state index in [1.807, 2.05) is 60.0 Å². The molecule has 0 aliphatic rings. The number of fused-ring (bicyclic) bond motifs is 1. The Hall–Kier alpha value is -3.74. The lowest BCUT2D eigenvalue weighted by Gasteiger charge is -2.15. The number of hydrogen-bond donors (Lipinski definition) is 2. The third kappa shape index (κ3) is 5.03. The van der Waals surface area contributed by atoms with Gasteiger partial charge in [0.25, 0.3) is 0 Å². The van der Waals surface area contributed by atoms with Gasteiger partial charge >= 0.3 is 12.1 Å². The lowest BCUT2D eigenvalue weighted by atomic mass is 10.1. The highest BCUT2D eigenvalue weighted by atomic mass is 19.4. The summed E-state index contributed by atoms with van der Waals surface area (Å²) in [7, 11) is 0. The Bertz CT molecular complexity index is 1290. The van der Waals surface area contributed by atoms with Gasteiger partial charge in [-0.3, -0.25) is 4.79 Å². The number of aryl methyl sites for hydroxylation is 1. The van der Waals surface area contributed by atoms with Crippen LogP contribution in [0.15, 0.2) is 72.8 Å². The van der Waals surface area contributed by atoms with E-state index in [0.29, 0.717) is 23.5 Å². The first-order chi connectivity index (χ1) is 15.7. The van der Waals surface area contributed by atoms with Crippen molar-refractivity contribution in [3.05, 3.63) is 101 Å². The Balaban J connectivity index is 1.79. The van der Waals surface area contributed by atoms with Gasteiger partial charge in [0.15, 0.2) is 0 Å². The Morgan fingerprint density at radius 2 is 1.70 bits per heavy atom. The number of anilines is 1. The van der Waals surface area contributed by atoms with Crippen LogP contribution >= 0.6 is 0 Å². The van der Waals surface area contributed by atoms with Gasteiger partial charge in [-0.05, 0) is 42.3 Å². The molecule has 4 nitrogen and oxygen atoms in total. The molecular weight excluding hydrogens is 429 g/mol. The molecule has 170 valence electrons. The second-order valence-corrected chi connectivity index (χ2v) is 8.04. The zero-order valence-corrected chi connectivity index (χ0v) is 18.0. The third-order valence-corrected chi connectivity index (χ3v) is 5.55. The predicted molar refractivity (Wildman–Crippen MR) is 122 cm³/mol. The molecule has 0 atom stereocenters. The number of hydrogen-bond acceptors (Lipinski definition) is 2. The number of rotatable bonds is 7. The van der Waals surface area contributed by atoms with E-state index in [2.05, 4.69) is 5.32 Å². The van der Waals surface area contributed by atoms with Gasteiger partial charge in [-0.1, -0.05) is 54.1 Å². The molecule has 4 aromatic rings. The fraction of sp³-hybridized carbons (Fsp3) is 0.192. The van der Waals surface area contributed by atoms with Crippen molar-refractivity contribution in [2.45, 2.75) is 32.6 Å². The number of alkyl halides is 3. The van der Waals surface area contributed by atoms with Gasteiger partial charge in [0.1, 0.15) is 5.82 Å². The summed E-state index contributed by atoms with van der Waals surface area (Å²) in [5.41, 5.74) is 3.25. The zero-order chi connectivity index (χ0) is 23.6. The fourth-order valence-electron chi connectivity index (χ4n) is 4.04. The zero-order valence-electron chi connectivity index (χ0n) is 18.0. The number of nitrogens with one attached hydrogen (secondary N) is 1. The molecule has 0 saturated heterocycles. The van der Waals surface area contributed by atoms with Crippen LogP contribution in [0.2, 0.25) is 0 Å². The van der Waals surface area contributed by atoms with Crippen LogP contribution in [0.1, 0.15) is 27.8 Å². The van der Waals surface area contributed by atoms with Crippen LogP contribution in [0, 0.1) is 6.92 Å². The standard InChI is InChI=1S/C26H23F3N2O2/c1-17-10-11-23-21(12-17)22(14-24(32)33)25(31(23)16-18-6-3-2-4-7-18)30-15-19-8-5-9-20(13-19)26(27,28)29/h2-13,30H,14-16H2,1H3,(H,32,33).